The van der Waals surface area contributed by atoms with Gasteiger partial charge in [-0.15, -0.1) is 0 Å². The lowest BCUT2D eigenvalue weighted by Crippen LogP contribution is -2.53. The Morgan fingerprint density at radius 3 is 2.87 bits per heavy atom. The summed E-state index contributed by atoms with van der Waals surface area (Å²) < 4.78 is 5.55. The zero-order chi connectivity index (χ0) is 11.3. The number of amides is 2. The molecule has 0 atom stereocenters. The number of carbonyl (C=O) groups excluding carboxylic acids is 1. The molecule has 0 aromatic rings. The molecule has 15 heavy (non-hydrogen) atoms. The molecule has 4 heteroatoms. The van der Waals surface area contributed by atoms with Crippen molar-refractivity contribution in [3.05, 3.63) is 0 Å². The fraction of sp³-hybridized carbons (Fsp3) is 0.909. The Labute approximate surface area is 92.0 Å². The summed E-state index contributed by atoms with van der Waals surface area (Å²) in [7, 11) is 0. The van der Waals surface area contributed by atoms with Crippen LogP contribution in [0.3, 0.4) is 0 Å². The van der Waals surface area contributed by atoms with Crippen LogP contribution in [0, 0.1) is 0 Å². The lowest BCUT2D eigenvalue weighted by molar-refractivity contribution is -0.0733. The van der Waals surface area contributed by atoms with Gasteiger partial charge in [-0.05, 0) is 20.3 Å². The standard InChI is InChI=1S/C11H22N2O2/c1-4-5-6-12-10(14)13-7-8-15-11(2,3)9-13/h4-9H2,1-3H3,(H,12,14). The predicted molar refractivity (Wildman–Crippen MR) is 59.9 cm³/mol. The summed E-state index contributed by atoms with van der Waals surface area (Å²) >= 11 is 0. The van der Waals surface area contributed by atoms with E-state index in [1.807, 2.05) is 18.7 Å². The van der Waals surface area contributed by atoms with Crippen molar-refractivity contribution in [1.82, 2.24) is 10.2 Å². The second-order valence-electron chi connectivity index (χ2n) is 4.62. The van der Waals surface area contributed by atoms with Crippen molar-refractivity contribution >= 4 is 6.03 Å². The number of hydrogen-bond acceptors (Lipinski definition) is 2. The van der Waals surface area contributed by atoms with Crippen molar-refractivity contribution in [2.45, 2.75) is 39.2 Å². The van der Waals surface area contributed by atoms with E-state index in [1.54, 1.807) is 0 Å². The summed E-state index contributed by atoms with van der Waals surface area (Å²) in [6.45, 7) is 8.91. The van der Waals surface area contributed by atoms with Gasteiger partial charge in [-0.3, -0.25) is 0 Å². The van der Waals surface area contributed by atoms with Crippen molar-refractivity contribution < 1.29 is 9.53 Å². The minimum Gasteiger partial charge on any atom is -0.372 e. The molecule has 1 N–H and O–H groups in total. The number of unbranched alkanes of at least 4 members (excludes halogenated alkanes) is 1. The number of rotatable bonds is 3. The van der Waals surface area contributed by atoms with Crippen molar-refractivity contribution in [2.75, 3.05) is 26.2 Å². The Hall–Kier alpha value is -0.770. The molecule has 88 valence electrons. The Morgan fingerprint density at radius 2 is 2.27 bits per heavy atom. The van der Waals surface area contributed by atoms with Gasteiger partial charge in [0.1, 0.15) is 0 Å². The molecule has 4 nitrogen and oxygen atoms in total. The third-order valence-corrected chi connectivity index (χ3v) is 2.52. The van der Waals surface area contributed by atoms with E-state index < -0.39 is 0 Å². The van der Waals surface area contributed by atoms with Crippen molar-refractivity contribution in [3.63, 3.8) is 0 Å². The van der Waals surface area contributed by atoms with Gasteiger partial charge in [-0.25, -0.2) is 4.79 Å². The number of nitrogens with zero attached hydrogens (tertiary/aromatic N) is 1. The Kier molecular flexibility index (Phi) is 4.39. The van der Waals surface area contributed by atoms with E-state index in [0.717, 1.165) is 19.4 Å². The SMILES string of the molecule is CCCCNC(=O)N1CCOC(C)(C)C1. The van der Waals surface area contributed by atoms with Crippen LogP contribution in [0.1, 0.15) is 33.6 Å². The summed E-state index contributed by atoms with van der Waals surface area (Å²) in [5.41, 5.74) is -0.208. The van der Waals surface area contributed by atoms with Gasteiger partial charge in [0.2, 0.25) is 0 Å². The van der Waals surface area contributed by atoms with Crippen LogP contribution in [0.5, 0.6) is 0 Å². The van der Waals surface area contributed by atoms with Crippen LogP contribution in [-0.2, 0) is 4.74 Å². The second-order valence-corrected chi connectivity index (χ2v) is 4.62. The van der Waals surface area contributed by atoms with Gasteiger partial charge >= 0.3 is 6.03 Å². The van der Waals surface area contributed by atoms with Gasteiger partial charge in [0, 0.05) is 13.1 Å². The van der Waals surface area contributed by atoms with Crippen LogP contribution in [0.2, 0.25) is 0 Å². The van der Waals surface area contributed by atoms with E-state index in [2.05, 4.69) is 12.2 Å². The summed E-state index contributed by atoms with van der Waals surface area (Å²) in [6, 6.07) is 0.0415. The molecule has 0 radical (unpaired) electrons. The number of nitrogens with one attached hydrogen (secondary N) is 1. The van der Waals surface area contributed by atoms with Crippen LogP contribution in [0.15, 0.2) is 0 Å². The third kappa shape index (κ3) is 4.08. The highest BCUT2D eigenvalue weighted by Gasteiger charge is 2.29. The lowest BCUT2D eigenvalue weighted by atomic mass is 10.1. The first kappa shape index (κ1) is 12.3. The van der Waals surface area contributed by atoms with Gasteiger partial charge < -0.3 is 15.0 Å². The Balaban J connectivity index is 2.32. The minimum atomic E-state index is -0.208. The van der Waals surface area contributed by atoms with E-state index in [1.165, 1.54) is 0 Å². The Morgan fingerprint density at radius 1 is 1.53 bits per heavy atom. The van der Waals surface area contributed by atoms with Crippen LogP contribution < -0.4 is 5.32 Å². The van der Waals surface area contributed by atoms with Gasteiger partial charge in [0.15, 0.2) is 0 Å². The average Bonchev–Trinajstić information content (AvgIpc) is 2.16. The van der Waals surface area contributed by atoms with Gasteiger partial charge in [0.05, 0.1) is 18.8 Å². The first-order chi connectivity index (χ1) is 7.05. The molecular weight excluding hydrogens is 192 g/mol. The second kappa shape index (κ2) is 5.35. The summed E-state index contributed by atoms with van der Waals surface area (Å²) in [6.07, 6.45) is 2.15. The van der Waals surface area contributed by atoms with Gasteiger partial charge in [-0.2, -0.15) is 0 Å². The molecule has 1 aliphatic rings. The maximum atomic E-state index is 11.7. The Bertz CT molecular complexity index is 217. The van der Waals surface area contributed by atoms with Crippen LogP contribution in [-0.4, -0.2) is 42.8 Å². The highest BCUT2D eigenvalue weighted by atomic mass is 16.5. The minimum absolute atomic E-state index is 0.0415. The number of carbonyl (C=O) groups is 1. The number of ether oxygens (including phenoxy) is 1. The maximum Gasteiger partial charge on any atom is 0.317 e. The smallest absolute Gasteiger partial charge is 0.317 e. The zero-order valence-electron chi connectivity index (χ0n) is 10.0. The van der Waals surface area contributed by atoms with E-state index in [9.17, 15) is 4.79 Å². The van der Waals surface area contributed by atoms with Crippen LogP contribution in [0.25, 0.3) is 0 Å². The molecule has 1 heterocycles. The quantitative estimate of drug-likeness (QED) is 0.725. The van der Waals surface area contributed by atoms with Crippen molar-refractivity contribution in [2.24, 2.45) is 0 Å². The normalized spacial score (nSPS) is 20.1. The third-order valence-electron chi connectivity index (χ3n) is 2.52. The van der Waals surface area contributed by atoms with Crippen LogP contribution >= 0.6 is 0 Å². The molecule has 1 aliphatic heterocycles. The van der Waals surface area contributed by atoms with E-state index >= 15 is 0 Å². The van der Waals surface area contributed by atoms with E-state index in [-0.39, 0.29) is 11.6 Å². The molecule has 0 bridgehead atoms. The predicted octanol–water partition coefficient (Wildman–Crippen LogP) is 1.61. The molecule has 0 aliphatic carbocycles. The molecule has 0 unspecified atom stereocenters. The molecule has 1 fully saturated rings. The largest absolute Gasteiger partial charge is 0.372 e. The fourth-order valence-electron chi connectivity index (χ4n) is 1.67. The van der Waals surface area contributed by atoms with E-state index in [4.69, 9.17) is 4.74 Å². The summed E-state index contributed by atoms with van der Waals surface area (Å²) in [4.78, 5) is 13.6. The fourth-order valence-corrected chi connectivity index (χ4v) is 1.67. The lowest BCUT2D eigenvalue weighted by Gasteiger charge is -2.38. The molecule has 0 saturated carbocycles. The number of morpholine rings is 1. The van der Waals surface area contributed by atoms with Crippen molar-refractivity contribution in [3.8, 4) is 0 Å². The van der Waals surface area contributed by atoms with Gasteiger partial charge in [-0.1, -0.05) is 13.3 Å². The molecule has 0 aromatic carbocycles. The summed E-state index contributed by atoms with van der Waals surface area (Å²) in [5.74, 6) is 0. The van der Waals surface area contributed by atoms with Gasteiger partial charge in [0.25, 0.3) is 0 Å². The first-order valence-corrected chi connectivity index (χ1v) is 5.72. The highest BCUT2D eigenvalue weighted by Crippen LogP contribution is 2.16. The van der Waals surface area contributed by atoms with E-state index in [0.29, 0.717) is 19.7 Å². The molecule has 0 aromatic heterocycles. The number of urea groups is 1. The highest BCUT2D eigenvalue weighted by molar-refractivity contribution is 5.74. The molecule has 0 spiro atoms. The van der Waals surface area contributed by atoms with Crippen molar-refractivity contribution in [1.29, 1.82) is 0 Å². The monoisotopic (exact) mass is 214 g/mol. The molecule has 1 saturated heterocycles. The molecule has 2 amide bonds. The average molecular weight is 214 g/mol. The van der Waals surface area contributed by atoms with Crippen LogP contribution in [0.4, 0.5) is 4.79 Å². The number of hydrogen-bond donors (Lipinski definition) is 1. The molecular formula is C11H22N2O2. The molecule has 1 rings (SSSR count). The zero-order valence-corrected chi connectivity index (χ0v) is 10.0. The summed E-state index contributed by atoms with van der Waals surface area (Å²) in [5, 5.41) is 2.92. The topological polar surface area (TPSA) is 41.6 Å². The maximum absolute atomic E-state index is 11.7. The first-order valence-electron chi connectivity index (χ1n) is 5.72.